The van der Waals surface area contributed by atoms with Crippen LogP contribution in [0.2, 0.25) is 0 Å². The molecule has 0 saturated heterocycles. The van der Waals surface area contributed by atoms with E-state index in [-0.39, 0.29) is 0 Å². The third-order valence-corrected chi connectivity index (χ3v) is 7.27. The van der Waals surface area contributed by atoms with Crippen LogP contribution in [0.1, 0.15) is 72.9 Å². The first-order valence-corrected chi connectivity index (χ1v) is 15.0. The lowest BCUT2D eigenvalue weighted by molar-refractivity contribution is 0.795. The summed E-state index contributed by atoms with van der Waals surface area (Å²) in [4.78, 5) is 0. The molecule has 6 nitrogen and oxygen atoms in total. The molecule has 0 radical (unpaired) electrons. The molecule has 0 aliphatic rings. The highest BCUT2D eigenvalue weighted by atomic mass is 15.1. The van der Waals surface area contributed by atoms with Gasteiger partial charge in [0, 0.05) is 0 Å². The SMILES string of the molecule is CCCCc1ccc(N=Nc2c(C)cc(N=Nc3cc(C)c(N=Nc4ccc(CCCC)cc4)c(C)c3)cc2C)cc1. The van der Waals surface area contributed by atoms with E-state index < -0.39 is 0 Å². The van der Waals surface area contributed by atoms with Crippen LogP contribution in [0.15, 0.2) is 103 Å². The van der Waals surface area contributed by atoms with Gasteiger partial charge in [-0.3, -0.25) is 0 Å². The fourth-order valence-electron chi connectivity index (χ4n) is 4.85. The fraction of sp³-hybridized carbons (Fsp3) is 0.333. The lowest BCUT2D eigenvalue weighted by Gasteiger charge is -2.07. The minimum absolute atomic E-state index is 0.783. The largest absolute Gasteiger partial charge is 0.151 e. The molecule has 0 amide bonds. The molecule has 0 saturated carbocycles. The molecule has 0 aliphatic carbocycles. The highest BCUT2D eigenvalue weighted by Gasteiger charge is 2.07. The second kappa shape index (κ2) is 15.1. The summed E-state index contributed by atoms with van der Waals surface area (Å²) in [6.45, 7) is 12.5. The zero-order valence-corrected chi connectivity index (χ0v) is 25.9. The van der Waals surface area contributed by atoms with E-state index in [1.165, 1.54) is 36.8 Å². The van der Waals surface area contributed by atoms with Gasteiger partial charge in [0.15, 0.2) is 0 Å². The van der Waals surface area contributed by atoms with E-state index in [0.29, 0.717) is 0 Å². The summed E-state index contributed by atoms with van der Waals surface area (Å²) in [6, 6.07) is 24.7. The number of aryl methyl sites for hydroxylation is 6. The third-order valence-electron chi connectivity index (χ3n) is 7.27. The Kier molecular flexibility index (Phi) is 11.0. The standard InChI is InChI=1S/C36H42N6/c1-7-9-11-29-13-17-31(18-14-29)37-41-35-25(3)21-33(22-26(35)4)39-40-34-23-27(5)36(28(6)24-34)42-38-32-19-15-30(16-20-32)12-10-8-2/h13-24H,7-12H2,1-6H3. The van der Waals surface area contributed by atoms with Crippen molar-refractivity contribution in [1.82, 2.24) is 0 Å². The van der Waals surface area contributed by atoms with Crippen molar-refractivity contribution in [3.8, 4) is 0 Å². The van der Waals surface area contributed by atoms with Gasteiger partial charge in [-0.25, -0.2) is 0 Å². The second-order valence-corrected chi connectivity index (χ2v) is 11.0. The average Bonchev–Trinajstić information content (AvgIpc) is 2.98. The third kappa shape index (κ3) is 8.59. The first-order valence-electron chi connectivity index (χ1n) is 15.0. The Morgan fingerprint density at radius 3 is 1.02 bits per heavy atom. The van der Waals surface area contributed by atoms with E-state index in [4.69, 9.17) is 0 Å². The van der Waals surface area contributed by atoms with Crippen LogP contribution >= 0.6 is 0 Å². The Labute approximate surface area is 250 Å². The normalized spacial score (nSPS) is 11.9. The van der Waals surface area contributed by atoms with Gasteiger partial charge in [0.05, 0.1) is 34.1 Å². The van der Waals surface area contributed by atoms with Crippen molar-refractivity contribution >= 4 is 34.1 Å². The Balaban J connectivity index is 1.44. The minimum atomic E-state index is 0.783. The van der Waals surface area contributed by atoms with Crippen molar-refractivity contribution in [2.75, 3.05) is 0 Å². The first-order chi connectivity index (χ1) is 20.4. The van der Waals surface area contributed by atoms with Crippen LogP contribution in [0.25, 0.3) is 0 Å². The molecule has 6 heteroatoms. The van der Waals surface area contributed by atoms with Gasteiger partial charge in [-0.2, -0.15) is 30.7 Å². The van der Waals surface area contributed by atoms with Crippen molar-refractivity contribution < 1.29 is 0 Å². The number of nitrogens with zero attached hydrogens (tertiary/aromatic N) is 6. The van der Waals surface area contributed by atoms with Gasteiger partial charge >= 0.3 is 0 Å². The molecule has 0 N–H and O–H groups in total. The lowest BCUT2D eigenvalue weighted by atomic mass is 10.1. The molecule has 0 unspecified atom stereocenters. The van der Waals surface area contributed by atoms with E-state index in [1.54, 1.807) is 0 Å². The molecule has 216 valence electrons. The quantitative estimate of drug-likeness (QED) is 0.155. The number of rotatable bonds is 12. The van der Waals surface area contributed by atoms with Crippen LogP contribution in [0.3, 0.4) is 0 Å². The van der Waals surface area contributed by atoms with E-state index in [2.05, 4.69) is 68.8 Å². The Bertz CT molecular complexity index is 1400. The van der Waals surface area contributed by atoms with Crippen LogP contribution in [0.5, 0.6) is 0 Å². The van der Waals surface area contributed by atoms with Crippen LogP contribution in [-0.4, -0.2) is 0 Å². The van der Waals surface area contributed by atoms with Gasteiger partial charge in [0.25, 0.3) is 0 Å². The van der Waals surface area contributed by atoms with Crippen LogP contribution in [-0.2, 0) is 12.8 Å². The molecule has 0 heterocycles. The number of hydrogen-bond donors (Lipinski definition) is 0. The molecule has 4 rings (SSSR count). The van der Waals surface area contributed by atoms with Crippen LogP contribution in [0, 0.1) is 27.7 Å². The van der Waals surface area contributed by atoms with Gasteiger partial charge in [-0.15, -0.1) is 0 Å². The summed E-state index contributed by atoms with van der Waals surface area (Å²) < 4.78 is 0. The maximum atomic E-state index is 4.55. The van der Waals surface area contributed by atoms with E-state index in [1.807, 2.05) is 76.2 Å². The van der Waals surface area contributed by atoms with Crippen molar-refractivity contribution in [2.24, 2.45) is 30.7 Å². The zero-order chi connectivity index (χ0) is 29.9. The Hall–Kier alpha value is -4.32. The van der Waals surface area contributed by atoms with Crippen molar-refractivity contribution in [3.05, 3.63) is 106 Å². The van der Waals surface area contributed by atoms with Crippen molar-refractivity contribution in [3.63, 3.8) is 0 Å². The number of azo groups is 3. The molecule has 0 aliphatic heterocycles. The number of benzene rings is 4. The molecule has 4 aromatic rings. The summed E-state index contributed by atoms with van der Waals surface area (Å²) in [7, 11) is 0. The maximum Gasteiger partial charge on any atom is 0.0916 e. The van der Waals surface area contributed by atoms with Gasteiger partial charge in [-0.1, -0.05) is 51.0 Å². The summed E-state index contributed by atoms with van der Waals surface area (Å²) in [5.74, 6) is 0. The van der Waals surface area contributed by atoms with Crippen LogP contribution < -0.4 is 0 Å². The van der Waals surface area contributed by atoms with E-state index in [0.717, 1.165) is 69.2 Å². The van der Waals surface area contributed by atoms with Crippen molar-refractivity contribution in [2.45, 2.75) is 80.1 Å². The molecule has 0 aromatic heterocycles. The molecule has 4 aromatic carbocycles. The lowest BCUT2D eigenvalue weighted by Crippen LogP contribution is -1.83. The Morgan fingerprint density at radius 2 is 0.714 bits per heavy atom. The van der Waals surface area contributed by atoms with E-state index >= 15 is 0 Å². The summed E-state index contributed by atoms with van der Waals surface area (Å²) in [5, 5.41) is 27.1. The summed E-state index contributed by atoms with van der Waals surface area (Å²) >= 11 is 0. The smallest absolute Gasteiger partial charge is 0.0916 e. The second-order valence-electron chi connectivity index (χ2n) is 11.0. The summed E-state index contributed by atoms with van der Waals surface area (Å²) in [6.07, 6.45) is 7.00. The molecule has 0 atom stereocenters. The molecule has 42 heavy (non-hydrogen) atoms. The first kappa shape index (κ1) is 30.6. The number of unbranched alkanes of at least 4 members (excludes halogenated alkanes) is 2. The maximum absolute atomic E-state index is 4.55. The minimum Gasteiger partial charge on any atom is -0.151 e. The van der Waals surface area contributed by atoms with Gasteiger partial charge < -0.3 is 0 Å². The van der Waals surface area contributed by atoms with Gasteiger partial charge in [0.2, 0.25) is 0 Å². The zero-order valence-electron chi connectivity index (χ0n) is 25.9. The summed E-state index contributed by atoms with van der Waals surface area (Å²) in [5.41, 5.74) is 11.7. The topological polar surface area (TPSA) is 74.2 Å². The van der Waals surface area contributed by atoms with Gasteiger partial charge in [-0.05, 0) is 135 Å². The monoisotopic (exact) mass is 558 g/mol. The molecule has 0 bridgehead atoms. The van der Waals surface area contributed by atoms with Crippen molar-refractivity contribution in [1.29, 1.82) is 0 Å². The number of hydrogen-bond acceptors (Lipinski definition) is 6. The van der Waals surface area contributed by atoms with Gasteiger partial charge in [0.1, 0.15) is 0 Å². The fourth-order valence-corrected chi connectivity index (χ4v) is 4.85. The average molecular weight is 559 g/mol. The highest BCUT2D eigenvalue weighted by Crippen LogP contribution is 2.34. The molecular formula is C36H42N6. The highest BCUT2D eigenvalue weighted by molar-refractivity contribution is 5.61. The molecular weight excluding hydrogens is 516 g/mol. The predicted octanol–water partition coefficient (Wildman–Crippen LogP) is 12.9. The van der Waals surface area contributed by atoms with E-state index in [9.17, 15) is 0 Å². The molecule has 0 spiro atoms. The predicted molar refractivity (Wildman–Crippen MR) is 174 cm³/mol. The Morgan fingerprint density at radius 1 is 0.405 bits per heavy atom. The molecule has 0 fully saturated rings. The van der Waals surface area contributed by atoms with Crippen LogP contribution in [0.4, 0.5) is 34.1 Å².